The topological polar surface area (TPSA) is 61.4 Å². The van der Waals surface area contributed by atoms with E-state index in [9.17, 15) is 9.18 Å². The third-order valence-electron chi connectivity index (χ3n) is 4.55. The van der Waals surface area contributed by atoms with Gasteiger partial charge in [0, 0.05) is 11.9 Å². The van der Waals surface area contributed by atoms with Crippen LogP contribution in [0.2, 0.25) is 0 Å². The first-order chi connectivity index (χ1) is 14.0. The van der Waals surface area contributed by atoms with Crippen molar-refractivity contribution < 1.29 is 9.13 Å². The van der Waals surface area contributed by atoms with Gasteiger partial charge in [0.05, 0.1) is 16.9 Å². The van der Waals surface area contributed by atoms with E-state index in [1.165, 1.54) is 16.5 Å². The second kappa shape index (κ2) is 7.35. The van der Waals surface area contributed by atoms with Crippen LogP contribution in [0.3, 0.4) is 0 Å². The molecule has 0 N–H and O–H groups in total. The maximum absolute atomic E-state index is 13.6. The Labute approximate surface area is 166 Å². The highest BCUT2D eigenvalue weighted by Crippen LogP contribution is 2.24. The lowest BCUT2D eigenvalue weighted by atomic mass is 10.1. The van der Waals surface area contributed by atoms with Crippen LogP contribution in [-0.2, 0) is 0 Å². The molecule has 4 aromatic rings. The van der Waals surface area contributed by atoms with Crippen molar-refractivity contribution in [3.63, 3.8) is 0 Å². The molecule has 0 unspecified atom stereocenters. The minimum atomic E-state index is -0.352. The van der Waals surface area contributed by atoms with E-state index in [4.69, 9.17) is 4.74 Å². The molecule has 0 aliphatic carbocycles. The second-order valence-corrected chi connectivity index (χ2v) is 6.61. The molecular formula is C22H19FN4O2. The average Bonchev–Trinajstić information content (AvgIpc) is 3.07. The quantitative estimate of drug-likeness (QED) is 0.486. The van der Waals surface area contributed by atoms with Crippen LogP contribution in [0.25, 0.3) is 22.6 Å². The highest BCUT2D eigenvalue weighted by molar-refractivity contribution is 5.65. The zero-order valence-corrected chi connectivity index (χ0v) is 16.1. The first-order valence-corrected chi connectivity index (χ1v) is 9.08. The molecule has 0 aliphatic heterocycles. The molecule has 0 bridgehead atoms. The molecule has 0 saturated heterocycles. The molecule has 3 aromatic heterocycles. The summed E-state index contributed by atoms with van der Waals surface area (Å²) in [6.07, 6.45) is 3.27. The zero-order chi connectivity index (χ0) is 20.5. The smallest absolute Gasteiger partial charge is 0.267 e. The highest BCUT2D eigenvalue weighted by Gasteiger charge is 2.18. The Morgan fingerprint density at radius 1 is 1.21 bits per heavy atom. The van der Waals surface area contributed by atoms with Gasteiger partial charge in [-0.25, -0.2) is 14.1 Å². The molecule has 6 nitrogen and oxygen atoms in total. The maximum Gasteiger partial charge on any atom is 0.267 e. The van der Waals surface area contributed by atoms with Gasteiger partial charge in [0.1, 0.15) is 18.1 Å². The lowest BCUT2D eigenvalue weighted by molar-refractivity contribution is 0.365. The van der Waals surface area contributed by atoms with Crippen LogP contribution >= 0.6 is 0 Å². The van der Waals surface area contributed by atoms with E-state index >= 15 is 0 Å². The summed E-state index contributed by atoms with van der Waals surface area (Å²) in [5.74, 6) is 0.148. The van der Waals surface area contributed by atoms with E-state index in [-0.39, 0.29) is 11.4 Å². The minimum Gasteiger partial charge on any atom is -0.486 e. The summed E-state index contributed by atoms with van der Waals surface area (Å²) in [6, 6.07) is 11.4. The summed E-state index contributed by atoms with van der Waals surface area (Å²) in [4.78, 5) is 17.8. The third kappa shape index (κ3) is 3.31. The summed E-state index contributed by atoms with van der Waals surface area (Å²) in [5.41, 5.74) is 2.95. The van der Waals surface area contributed by atoms with Gasteiger partial charge in [-0.15, -0.1) is 0 Å². The first-order valence-electron chi connectivity index (χ1n) is 9.08. The van der Waals surface area contributed by atoms with Crippen molar-refractivity contribution in [3.8, 4) is 22.7 Å². The van der Waals surface area contributed by atoms with Crippen molar-refractivity contribution in [2.45, 2.75) is 13.8 Å². The van der Waals surface area contributed by atoms with Crippen molar-refractivity contribution in [2.75, 3.05) is 6.61 Å². The Kier molecular flexibility index (Phi) is 4.72. The number of aryl methyl sites for hydroxylation is 2. The molecule has 4 rings (SSSR count). The molecule has 29 heavy (non-hydrogen) atoms. The van der Waals surface area contributed by atoms with Crippen LogP contribution in [-0.4, -0.2) is 25.8 Å². The van der Waals surface area contributed by atoms with Crippen molar-refractivity contribution >= 4 is 5.65 Å². The standard InChI is InChI=1S/C22H19FN4O2/c1-4-11-29-19-9-6-10-26-21(19)24-15(3)20(22(26)28)18-12-14(2)27(25-18)17-8-5-7-16(23)13-17/h4-10,12-13H,1,11H2,2-3H3. The number of fused-ring (bicyclic) bond motifs is 1. The van der Waals surface area contributed by atoms with Crippen LogP contribution in [0.15, 0.2) is 66.1 Å². The lowest BCUT2D eigenvalue weighted by Crippen LogP contribution is -2.19. The van der Waals surface area contributed by atoms with Crippen LogP contribution in [0.1, 0.15) is 11.4 Å². The van der Waals surface area contributed by atoms with Crippen molar-refractivity contribution in [1.82, 2.24) is 19.2 Å². The van der Waals surface area contributed by atoms with Crippen molar-refractivity contribution in [1.29, 1.82) is 0 Å². The summed E-state index contributed by atoms with van der Waals surface area (Å²) in [6.45, 7) is 7.56. The van der Waals surface area contributed by atoms with Gasteiger partial charge in [-0.05, 0) is 50.2 Å². The number of halogens is 1. The van der Waals surface area contributed by atoms with Crippen molar-refractivity contribution in [3.05, 3.63) is 88.9 Å². The van der Waals surface area contributed by atoms with E-state index in [0.717, 1.165) is 5.69 Å². The predicted octanol–water partition coefficient (Wildman–Crippen LogP) is 3.87. The highest BCUT2D eigenvalue weighted by atomic mass is 19.1. The molecule has 146 valence electrons. The molecule has 0 atom stereocenters. The second-order valence-electron chi connectivity index (χ2n) is 6.61. The van der Waals surface area contributed by atoms with E-state index < -0.39 is 0 Å². The molecule has 0 aliphatic rings. The number of hydrogen-bond acceptors (Lipinski definition) is 4. The van der Waals surface area contributed by atoms with Gasteiger partial charge in [0.25, 0.3) is 5.56 Å². The molecule has 0 radical (unpaired) electrons. The monoisotopic (exact) mass is 390 g/mol. The fourth-order valence-electron chi connectivity index (χ4n) is 3.27. The number of rotatable bonds is 5. The van der Waals surface area contributed by atoms with Crippen LogP contribution in [0, 0.1) is 19.7 Å². The Hall–Kier alpha value is -3.74. The Morgan fingerprint density at radius 2 is 2.03 bits per heavy atom. The number of hydrogen-bond donors (Lipinski definition) is 0. The summed E-state index contributed by atoms with van der Waals surface area (Å²) in [7, 11) is 0. The van der Waals surface area contributed by atoms with Gasteiger partial charge in [0.15, 0.2) is 11.4 Å². The van der Waals surface area contributed by atoms with E-state index in [1.807, 2.05) is 6.92 Å². The molecule has 0 spiro atoms. The molecule has 7 heteroatoms. The van der Waals surface area contributed by atoms with Crippen LogP contribution in [0.4, 0.5) is 4.39 Å². The molecular weight excluding hydrogens is 371 g/mol. The summed E-state index contributed by atoms with van der Waals surface area (Å²) < 4.78 is 22.3. The number of pyridine rings is 1. The van der Waals surface area contributed by atoms with E-state index in [2.05, 4.69) is 16.7 Å². The minimum absolute atomic E-state index is 0.250. The SMILES string of the molecule is C=CCOc1cccn2c(=O)c(-c3cc(C)n(-c4cccc(F)c4)n3)c(C)nc12. The maximum atomic E-state index is 13.6. The first kappa shape index (κ1) is 18.6. The van der Waals surface area contributed by atoms with Crippen LogP contribution < -0.4 is 10.3 Å². The molecule has 0 amide bonds. The number of benzene rings is 1. The van der Waals surface area contributed by atoms with Gasteiger partial charge in [-0.3, -0.25) is 9.20 Å². The van der Waals surface area contributed by atoms with E-state index in [1.54, 1.807) is 54.2 Å². The van der Waals surface area contributed by atoms with Gasteiger partial charge >= 0.3 is 0 Å². The number of ether oxygens (including phenoxy) is 1. The zero-order valence-electron chi connectivity index (χ0n) is 16.1. The van der Waals surface area contributed by atoms with Gasteiger partial charge in [0.2, 0.25) is 0 Å². The molecule has 3 heterocycles. The predicted molar refractivity (Wildman–Crippen MR) is 109 cm³/mol. The lowest BCUT2D eigenvalue weighted by Gasteiger charge is -2.10. The van der Waals surface area contributed by atoms with Gasteiger partial charge < -0.3 is 4.74 Å². The molecule has 0 fully saturated rings. The summed E-state index contributed by atoms with van der Waals surface area (Å²) >= 11 is 0. The van der Waals surface area contributed by atoms with E-state index in [0.29, 0.717) is 40.6 Å². The average molecular weight is 390 g/mol. The Bertz CT molecular complexity index is 1290. The van der Waals surface area contributed by atoms with Crippen LogP contribution in [0.5, 0.6) is 5.75 Å². The fourth-order valence-corrected chi connectivity index (χ4v) is 3.27. The third-order valence-corrected chi connectivity index (χ3v) is 4.55. The normalized spacial score (nSPS) is 11.0. The summed E-state index contributed by atoms with van der Waals surface area (Å²) in [5, 5.41) is 4.54. The fraction of sp³-hybridized carbons (Fsp3) is 0.136. The van der Waals surface area contributed by atoms with Crippen molar-refractivity contribution in [2.24, 2.45) is 0 Å². The number of nitrogens with zero attached hydrogens (tertiary/aromatic N) is 4. The van der Waals surface area contributed by atoms with Gasteiger partial charge in [-0.1, -0.05) is 18.7 Å². The molecule has 0 saturated carbocycles. The Morgan fingerprint density at radius 3 is 2.79 bits per heavy atom. The number of aromatic nitrogens is 4. The van der Waals surface area contributed by atoms with Gasteiger partial charge in [-0.2, -0.15) is 5.10 Å². The Balaban J connectivity index is 1.88. The largest absolute Gasteiger partial charge is 0.486 e. The molecule has 1 aromatic carbocycles.